The average Bonchev–Trinajstić information content (AvgIpc) is 3.10. The second-order valence-electron chi connectivity index (χ2n) is 7.17. The SMILES string of the molecule is CCCCC[C@H](O)/C=C/[C@H]1CC[C@@H]2O/C(=C\CCCC(=O)O)C[C@@H]21. The van der Waals surface area contributed by atoms with Gasteiger partial charge in [0, 0.05) is 18.8 Å². The molecule has 0 amide bonds. The number of carboxylic acid groups (broad SMARTS) is 1. The van der Waals surface area contributed by atoms with Gasteiger partial charge >= 0.3 is 5.97 Å². The van der Waals surface area contributed by atoms with Crippen LogP contribution in [0.25, 0.3) is 0 Å². The van der Waals surface area contributed by atoms with Crippen LogP contribution in [-0.4, -0.2) is 28.4 Å². The Kier molecular flexibility index (Phi) is 7.83. The minimum absolute atomic E-state index is 0.220. The predicted molar refractivity (Wildman–Crippen MR) is 94.6 cm³/mol. The first kappa shape index (κ1) is 19.0. The van der Waals surface area contributed by atoms with Crippen LogP contribution >= 0.6 is 0 Å². The number of ether oxygens (including phenoxy) is 1. The molecule has 1 saturated heterocycles. The predicted octanol–water partition coefficient (Wildman–Crippen LogP) is 4.44. The summed E-state index contributed by atoms with van der Waals surface area (Å²) in [6, 6.07) is 0. The van der Waals surface area contributed by atoms with Gasteiger partial charge in [0.05, 0.1) is 11.9 Å². The van der Waals surface area contributed by atoms with Crippen LogP contribution in [0.4, 0.5) is 0 Å². The fourth-order valence-corrected chi connectivity index (χ4v) is 3.82. The van der Waals surface area contributed by atoms with Crippen molar-refractivity contribution < 1.29 is 19.7 Å². The molecule has 0 aromatic heterocycles. The highest BCUT2D eigenvalue weighted by Gasteiger charge is 2.41. The average molecular weight is 336 g/mol. The van der Waals surface area contributed by atoms with Crippen molar-refractivity contribution in [2.75, 3.05) is 0 Å². The number of hydrogen-bond donors (Lipinski definition) is 2. The van der Waals surface area contributed by atoms with Gasteiger partial charge in [-0.05, 0) is 44.1 Å². The van der Waals surface area contributed by atoms with Crippen molar-refractivity contribution >= 4 is 5.97 Å². The maximum atomic E-state index is 10.5. The Hall–Kier alpha value is -1.29. The molecule has 0 unspecified atom stereocenters. The first-order valence-corrected chi connectivity index (χ1v) is 9.54. The number of aliphatic hydroxyl groups is 1. The van der Waals surface area contributed by atoms with E-state index in [4.69, 9.17) is 9.84 Å². The Morgan fingerprint density at radius 1 is 1.33 bits per heavy atom. The smallest absolute Gasteiger partial charge is 0.303 e. The summed E-state index contributed by atoms with van der Waals surface area (Å²) in [6.07, 6.45) is 15.4. The fourth-order valence-electron chi connectivity index (χ4n) is 3.82. The molecule has 4 atom stereocenters. The number of hydrogen-bond acceptors (Lipinski definition) is 3. The maximum absolute atomic E-state index is 10.5. The lowest BCUT2D eigenvalue weighted by atomic mass is 9.91. The molecule has 1 saturated carbocycles. The lowest BCUT2D eigenvalue weighted by Crippen LogP contribution is -2.12. The Morgan fingerprint density at radius 3 is 2.92 bits per heavy atom. The van der Waals surface area contributed by atoms with E-state index in [1.165, 1.54) is 12.8 Å². The van der Waals surface area contributed by atoms with E-state index in [1.807, 2.05) is 6.08 Å². The summed E-state index contributed by atoms with van der Waals surface area (Å²) in [5.74, 6) is 1.33. The van der Waals surface area contributed by atoms with Crippen LogP contribution in [0.5, 0.6) is 0 Å². The summed E-state index contributed by atoms with van der Waals surface area (Å²) < 4.78 is 6.03. The van der Waals surface area contributed by atoms with Crippen molar-refractivity contribution in [1.82, 2.24) is 0 Å². The summed E-state index contributed by atoms with van der Waals surface area (Å²) >= 11 is 0. The molecule has 1 aliphatic carbocycles. The number of fused-ring (bicyclic) bond motifs is 1. The van der Waals surface area contributed by atoms with Crippen molar-refractivity contribution in [2.24, 2.45) is 11.8 Å². The number of carbonyl (C=O) groups is 1. The van der Waals surface area contributed by atoms with E-state index in [-0.39, 0.29) is 12.5 Å². The standard InChI is InChI=1S/C20H32O4/c1-2-3-4-7-16(21)12-10-15-11-13-19-18(15)14-17(24-19)8-5-6-9-20(22)23/h8,10,12,15-16,18-19,21H,2-7,9,11,13-14H2,1H3,(H,22,23)/b12-10+,17-8-/t15-,16-,18+,19-/m0/s1. The molecule has 2 fully saturated rings. The lowest BCUT2D eigenvalue weighted by Gasteiger charge is -2.13. The Bertz CT molecular complexity index is 455. The molecule has 2 N–H and O–H groups in total. The third kappa shape index (κ3) is 5.97. The van der Waals surface area contributed by atoms with Gasteiger partial charge in [-0.2, -0.15) is 0 Å². The third-order valence-electron chi connectivity index (χ3n) is 5.20. The van der Waals surface area contributed by atoms with Crippen LogP contribution < -0.4 is 0 Å². The molecule has 0 bridgehead atoms. The van der Waals surface area contributed by atoms with E-state index in [0.29, 0.717) is 24.4 Å². The second kappa shape index (κ2) is 9.87. The van der Waals surface area contributed by atoms with Gasteiger partial charge in [-0.1, -0.05) is 38.3 Å². The molecular formula is C20H32O4. The zero-order chi connectivity index (χ0) is 17.4. The van der Waals surface area contributed by atoms with Crippen LogP contribution in [0.2, 0.25) is 0 Å². The van der Waals surface area contributed by atoms with Gasteiger partial charge in [0.15, 0.2) is 0 Å². The highest BCUT2D eigenvalue weighted by Crippen LogP contribution is 2.45. The minimum atomic E-state index is -0.736. The summed E-state index contributed by atoms with van der Waals surface area (Å²) in [4.78, 5) is 10.5. The van der Waals surface area contributed by atoms with Crippen molar-refractivity contribution in [1.29, 1.82) is 0 Å². The van der Waals surface area contributed by atoms with Crippen LogP contribution in [0.3, 0.4) is 0 Å². The van der Waals surface area contributed by atoms with Crippen LogP contribution in [-0.2, 0) is 9.53 Å². The van der Waals surface area contributed by atoms with Gasteiger partial charge < -0.3 is 14.9 Å². The number of carboxylic acids is 1. The molecule has 2 rings (SSSR count). The van der Waals surface area contributed by atoms with Gasteiger partial charge in [0.25, 0.3) is 0 Å². The molecule has 2 aliphatic rings. The Morgan fingerprint density at radius 2 is 2.17 bits per heavy atom. The van der Waals surface area contributed by atoms with Crippen LogP contribution in [0.1, 0.15) is 71.1 Å². The third-order valence-corrected chi connectivity index (χ3v) is 5.20. The number of aliphatic hydroxyl groups excluding tert-OH is 1. The molecule has 24 heavy (non-hydrogen) atoms. The van der Waals surface area contributed by atoms with Crippen LogP contribution in [0.15, 0.2) is 24.0 Å². The van der Waals surface area contributed by atoms with Crippen molar-refractivity contribution in [3.63, 3.8) is 0 Å². The molecule has 1 aliphatic heterocycles. The van der Waals surface area contributed by atoms with Gasteiger partial charge in [-0.15, -0.1) is 0 Å². The van der Waals surface area contributed by atoms with Gasteiger partial charge in [0.2, 0.25) is 0 Å². The quantitative estimate of drug-likeness (QED) is 0.457. The normalized spacial score (nSPS) is 29.1. The Labute approximate surface area is 145 Å². The van der Waals surface area contributed by atoms with E-state index >= 15 is 0 Å². The zero-order valence-electron chi connectivity index (χ0n) is 14.8. The first-order valence-electron chi connectivity index (χ1n) is 9.54. The number of aliphatic carboxylic acids is 1. The number of rotatable bonds is 10. The summed E-state index contributed by atoms with van der Waals surface area (Å²) in [5, 5.41) is 18.7. The van der Waals surface area contributed by atoms with Gasteiger partial charge in [-0.25, -0.2) is 0 Å². The largest absolute Gasteiger partial charge is 0.495 e. The van der Waals surface area contributed by atoms with Crippen LogP contribution in [0, 0.1) is 11.8 Å². The van der Waals surface area contributed by atoms with Gasteiger partial charge in [-0.3, -0.25) is 4.79 Å². The molecule has 136 valence electrons. The first-order chi connectivity index (χ1) is 11.6. The Balaban J connectivity index is 1.75. The minimum Gasteiger partial charge on any atom is -0.495 e. The molecule has 4 nitrogen and oxygen atoms in total. The topological polar surface area (TPSA) is 66.8 Å². The highest BCUT2D eigenvalue weighted by molar-refractivity contribution is 5.66. The van der Waals surface area contributed by atoms with E-state index in [1.54, 1.807) is 0 Å². The number of allylic oxidation sites excluding steroid dienone is 3. The highest BCUT2D eigenvalue weighted by atomic mass is 16.5. The molecule has 0 spiro atoms. The lowest BCUT2D eigenvalue weighted by molar-refractivity contribution is -0.137. The van der Waals surface area contributed by atoms with E-state index in [0.717, 1.165) is 44.3 Å². The molecule has 0 aromatic carbocycles. The summed E-state index contributed by atoms with van der Waals surface area (Å²) in [5.41, 5.74) is 0. The van der Waals surface area contributed by atoms with E-state index < -0.39 is 5.97 Å². The maximum Gasteiger partial charge on any atom is 0.303 e. The molecule has 0 radical (unpaired) electrons. The van der Waals surface area contributed by atoms with E-state index in [9.17, 15) is 9.90 Å². The molecule has 1 heterocycles. The van der Waals surface area contributed by atoms with Crippen molar-refractivity contribution in [2.45, 2.75) is 83.3 Å². The van der Waals surface area contributed by atoms with Crippen molar-refractivity contribution in [3.8, 4) is 0 Å². The molecule has 4 heteroatoms. The molecule has 0 aromatic rings. The molecular weight excluding hydrogens is 304 g/mol. The second-order valence-corrected chi connectivity index (χ2v) is 7.17. The zero-order valence-corrected chi connectivity index (χ0v) is 14.8. The summed E-state index contributed by atoms with van der Waals surface area (Å²) in [7, 11) is 0. The number of unbranched alkanes of at least 4 members (excludes halogenated alkanes) is 3. The fraction of sp³-hybridized carbons (Fsp3) is 0.750. The van der Waals surface area contributed by atoms with E-state index in [2.05, 4.69) is 19.1 Å². The van der Waals surface area contributed by atoms with Crippen molar-refractivity contribution in [3.05, 3.63) is 24.0 Å². The van der Waals surface area contributed by atoms with Gasteiger partial charge in [0.1, 0.15) is 6.10 Å². The monoisotopic (exact) mass is 336 g/mol. The summed E-state index contributed by atoms with van der Waals surface area (Å²) in [6.45, 7) is 2.17.